The molecular weight excluding hydrogens is 258 g/mol. The van der Waals surface area contributed by atoms with Crippen molar-refractivity contribution < 1.29 is 9.32 Å². The SMILES string of the molecule is Cc1noc(C)c1Cn1cc(N2CCCNC2=O)cn1. The molecule has 2 aromatic heterocycles. The number of carbonyl (C=O) groups is 1. The van der Waals surface area contributed by atoms with Crippen LogP contribution in [0.2, 0.25) is 0 Å². The highest BCUT2D eigenvalue weighted by Gasteiger charge is 2.20. The predicted molar refractivity (Wildman–Crippen MR) is 72.7 cm³/mol. The maximum atomic E-state index is 11.8. The molecule has 0 aromatic carbocycles. The van der Waals surface area contributed by atoms with Gasteiger partial charge in [0, 0.05) is 24.8 Å². The van der Waals surface area contributed by atoms with Gasteiger partial charge in [0.2, 0.25) is 0 Å². The Morgan fingerprint density at radius 2 is 2.30 bits per heavy atom. The van der Waals surface area contributed by atoms with Crippen molar-refractivity contribution in [2.24, 2.45) is 0 Å². The van der Waals surface area contributed by atoms with Crippen LogP contribution in [-0.4, -0.2) is 34.1 Å². The van der Waals surface area contributed by atoms with E-state index in [1.807, 2.05) is 20.0 Å². The third-order valence-electron chi connectivity index (χ3n) is 3.51. The first-order valence-electron chi connectivity index (χ1n) is 6.64. The van der Waals surface area contributed by atoms with Crippen molar-refractivity contribution in [1.29, 1.82) is 0 Å². The molecular formula is C13H17N5O2. The Balaban J connectivity index is 1.78. The highest BCUT2D eigenvalue weighted by molar-refractivity contribution is 5.92. The van der Waals surface area contributed by atoms with Gasteiger partial charge in [-0.25, -0.2) is 4.79 Å². The topological polar surface area (TPSA) is 76.2 Å². The minimum Gasteiger partial charge on any atom is -0.361 e. The van der Waals surface area contributed by atoms with Crippen molar-refractivity contribution in [1.82, 2.24) is 20.3 Å². The normalized spacial score (nSPS) is 15.5. The van der Waals surface area contributed by atoms with Crippen LogP contribution in [0, 0.1) is 13.8 Å². The zero-order chi connectivity index (χ0) is 14.1. The number of urea groups is 1. The Hall–Kier alpha value is -2.31. The molecule has 0 bridgehead atoms. The zero-order valence-electron chi connectivity index (χ0n) is 11.6. The lowest BCUT2D eigenvalue weighted by molar-refractivity contribution is 0.243. The first kappa shape index (κ1) is 12.7. The molecule has 1 fully saturated rings. The number of aryl methyl sites for hydroxylation is 2. The molecule has 1 aliphatic rings. The van der Waals surface area contributed by atoms with E-state index in [0.29, 0.717) is 6.54 Å². The molecule has 1 aliphatic heterocycles. The van der Waals surface area contributed by atoms with Gasteiger partial charge < -0.3 is 9.84 Å². The molecule has 0 radical (unpaired) electrons. The third-order valence-corrected chi connectivity index (χ3v) is 3.51. The minimum absolute atomic E-state index is 0.0619. The minimum atomic E-state index is -0.0619. The fraction of sp³-hybridized carbons (Fsp3) is 0.462. The summed E-state index contributed by atoms with van der Waals surface area (Å²) in [7, 11) is 0. The number of nitrogens with zero attached hydrogens (tertiary/aromatic N) is 4. The van der Waals surface area contributed by atoms with Crippen molar-refractivity contribution in [3.63, 3.8) is 0 Å². The second-order valence-corrected chi connectivity index (χ2v) is 4.94. The molecule has 2 aromatic rings. The van der Waals surface area contributed by atoms with Crippen LogP contribution < -0.4 is 10.2 Å². The van der Waals surface area contributed by atoms with Gasteiger partial charge in [-0.3, -0.25) is 9.58 Å². The van der Waals surface area contributed by atoms with Crippen LogP contribution in [0.25, 0.3) is 0 Å². The summed E-state index contributed by atoms with van der Waals surface area (Å²) in [4.78, 5) is 13.5. The van der Waals surface area contributed by atoms with E-state index in [1.165, 1.54) is 0 Å². The van der Waals surface area contributed by atoms with Crippen LogP contribution in [0.5, 0.6) is 0 Å². The first-order valence-corrected chi connectivity index (χ1v) is 6.64. The second kappa shape index (κ2) is 4.99. The van der Waals surface area contributed by atoms with Crippen LogP contribution >= 0.6 is 0 Å². The Bertz CT molecular complexity index is 611. The van der Waals surface area contributed by atoms with E-state index in [1.54, 1.807) is 15.8 Å². The number of aromatic nitrogens is 3. The highest BCUT2D eigenvalue weighted by atomic mass is 16.5. The van der Waals surface area contributed by atoms with Crippen LogP contribution in [0.15, 0.2) is 16.9 Å². The lowest BCUT2D eigenvalue weighted by Crippen LogP contribution is -2.46. The summed E-state index contributed by atoms with van der Waals surface area (Å²) >= 11 is 0. The zero-order valence-corrected chi connectivity index (χ0v) is 11.6. The summed E-state index contributed by atoms with van der Waals surface area (Å²) < 4.78 is 6.94. The van der Waals surface area contributed by atoms with E-state index in [0.717, 1.165) is 42.2 Å². The van der Waals surface area contributed by atoms with Crippen molar-refractivity contribution in [3.05, 3.63) is 29.4 Å². The average Bonchev–Trinajstić information content (AvgIpc) is 3.02. The Kier molecular flexibility index (Phi) is 3.17. The average molecular weight is 275 g/mol. The summed E-state index contributed by atoms with van der Waals surface area (Å²) in [6.07, 6.45) is 4.53. The Morgan fingerprint density at radius 1 is 1.45 bits per heavy atom. The fourth-order valence-corrected chi connectivity index (χ4v) is 2.34. The largest absolute Gasteiger partial charge is 0.361 e. The van der Waals surface area contributed by atoms with E-state index in [9.17, 15) is 4.79 Å². The molecule has 0 spiro atoms. The summed E-state index contributed by atoms with van der Waals surface area (Å²) in [5, 5.41) is 11.1. The highest BCUT2D eigenvalue weighted by Crippen LogP contribution is 2.18. The molecule has 1 saturated heterocycles. The Labute approximate surface area is 116 Å². The number of rotatable bonds is 3. The number of carbonyl (C=O) groups excluding carboxylic acids is 1. The molecule has 7 heteroatoms. The molecule has 1 N–H and O–H groups in total. The predicted octanol–water partition coefficient (Wildman–Crippen LogP) is 1.46. The van der Waals surface area contributed by atoms with Crippen LogP contribution in [0.1, 0.15) is 23.4 Å². The van der Waals surface area contributed by atoms with Gasteiger partial charge in [-0.1, -0.05) is 5.16 Å². The molecule has 0 saturated carbocycles. The van der Waals surface area contributed by atoms with Crippen molar-refractivity contribution >= 4 is 11.7 Å². The van der Waals surface area contributed by atoms with E-state index in [2.05, 4.69) is 15.6 Å². The molecule has 3 rings (SSSR count). The van der Waals surface area contributed by atoms with Crippen LogP contribution in [0.3, 0.4) is 0 Å². The molecule has 0 atom stereocenters. The third kappa shape index (κ3) is 2.26. The van der Waals surface area contributed by atoms with E-state index >= 15 is 0 Å². The lowest BCUT2D eigenvalue weighted by Gasteiger charge is -2.25. The van der Waals surface area contributed by atoms with Gasteiger partial charge in [0.05, 0.1) is 24.1 Å². The smallest absolute Gasteiger partial charge is 0.321 e. The standard InChI is InChI=1S/C13H17N5O2/c1-9-12(10(2)20-16-9)8-17-7-11(6-15-17)18-5-3-4-14-13(18)19/h6-7H,3-5,8H2,1-2H3,(H,14,19). The van der Waals surface area contributed by atoms with Crippen LogP contribution in [0.4, 0.5) is 10.5 Å². The van der Waals surface area contributed by atoms with Gasteiger partial charge in [0.25, 0.3) is 0 Å². The number of nitrogens with one attached hydrogen (secondary N) is 1. The van der Waals surface area contributed by atoms with Gasteiger partial charge in [-0.05, 0) is 20.3 Å². The van der Waals surface area contributed by atoms with Gasteiger partial charge >= 0.3 is 6.03 Å². The molecule has 0 aliphatic carbocycles. The second-order valence-electron chi connectivity index (χ2n) is 4.94. The van der Waals surface area contributed by atoms with Gasteiger partial charge in [0.15, 0.2) is 0 Å². The molecule has 20 heavy (non-hydrogen) atoms. The van der Waals surface area contributed by atoms with E-state index < -0.39 is 0 Å². The number of amides is 2. The maximum Gasteiger partial charge on any atom is 0.321 e. The summed E-state index contributed by atoms with van der Waals surface area (Å²) in [5.74, 6) is 0.801. The lowest BCUT2D eigenvalue weighted by atomic mass is 10.2. The number of anilines is 1. The first-order chi connectivity index (χ1) is 9.65. The molecule has 2 amide bonds. The number of hydrogen-bond donors (Lipinski definition) is 1. The fourth-order valence-electron chi connectivity index (χ4n) is 2.34. The Morgan fingerprint density at radius 3 is 3.00 bits per heavy atom. The van der Waals surface area contributed by atoms with Gasteiger partial charge in [-0.15, -0.1) is 0 Å². The molecule has 7 nitrogen and oxygen atoms in total. The van der Waals surface area contributed by atoms with Crippen LogP contribution in [-0.2, 0) is 6.54 Å². The summed E-state index contributed by atoms with van der Waals surface area (Å²) in [6.45, 7) is 5.86. The van der Waals surface area contributed by atoms with Crippen molar-refractivity contribution in [2.75, 3.05) is 18.0 Å². The van der Waals surface area contributed by atoms with E-state index in [-0.39, 0.29) is 6.03 Å². The monoisotopic (exact) mass is 275 g/mol. The quantitative estimate of drug-likeness (QED) is 0.920. The maximum absolute atomic E-state index is 11.8. The van der Waals surface area contributed by atoms with E-state index in [4.69, 9.17) is 4.52 Å². The van der Waals surface area contributed by atoms with Crippen molar-refractivity contribution in [2.45, 2.75) is 26.8 Å². The molecule has 3 heterocycles. The van der Waals surface area contributed by atoms with Crippen molar-refractivity contribution in [3.8, 4) is 0 Å². The van der Waals surface area contributed by atoms with Gasteiger partial charge in [-0.2, -0.15) is 5.10 Å². The molecule has 0 unspecified atom stereocenters. The summed E-state index contributed by atoms with van der Waals surface area (Å²) in [6, 6.07) is -0.0619. The van der Waals surface area contributed by atoms with Gasteiger partial charge in [0.1, 0.15) is 5.76 Å². The summed E-state index contributed by atoms with van der Waals surface area (Å²) in [5.41, 5.74) is 2.71. The number of hydrogen-bond acceptors (Lipinski definition) is 4. The molecule has 106 valence electrons.